The van der Waals surface area contributed by atoms with Crippen LogP contribution >= 0.6 is 0 Å². The number of nitrogen functional groups attached to an aromatic ring is 1. The summed E-state index contributed by atoms with van der Waals surface area (Å²) >= 11 is 0. The molecule has 1 unspecified atom stereocenters. The molecule has 37 heavy (non-hydrogen) atoms. The molecule has 4 rings (SSSR count). The molecule has 0 spiro atoms. The number of carbonyl (C=O) groups is 1. The number of aromatic nitrogens is 2. The first-order valence-electron chi connectivity index (χ1n) is 11.4. The van der Waals surface area contributed by atoms with Crippen molar-refractivity contribution in [3.8, 4) is 0 Å². The van der Waals surface area contributed by atoms with E-state index in [-0.39, 0.29) is 40.0 Å². The minimum Gasteiger partial charge on any atom is -0.476 e. The molecule has 2 aromatic carbocycles. The number of carbonyl (C=O) groups excluding carboxylic acids is 1. The molecule has 3 aromatic rings. The quantitative estimate of drug-likeness (QED) is 0.469. The first-order valence-corrected chi connectivity index (χ1v) is 13.0. The molecule has 1 aliphatic heterocycles. The first-order chi connectivity index (χ1) is 17.3. The summed E-state index contributed by atoms with van der Waals surface area (Å²) in [6.45, 7) is 5.38. The highest BCUT2D eigenvalue weighted by Gasteiger charge is 2.48. The summed E-state index contributed by atoms with van der Waals surface area (Å²) in [6.07, 6.45) is 1.66. The fourth-order valence-electron chi connectivity index (χ4n) is 4.47. The predicted octanol–water partition coefficient (Wildman–Crippen LogP) is 4.72. The number of hydrogen-bond acceptors (Lipinski definition) is 7. The van der Waals surface area contributed by atoms with Crippen molar-refractivity contribution < 1.29 is 31.1 Å². The zero-order valence-electron chi connectivity index (χ0n) is 20.3. The maximum absolute atomic E-state index is 15.9. The lowest BCUT2D eigenvalue weighted by Gasteiger charge is -2.25. The second-order valence-electron chi connectivity index (χ2n) is 9.35. The minimum absolute atomic E-state index is 0.0266. The average Bonchev–Trinajstić information content (AvgIpc) is 3.04. The molecule has 2 heterocycles. The van der Waals surface area contributed by atoms with E-state index < -0.39 is 49.3 Å². The Kier molecular flexibility index (Phi) is 6.85. The van der Waals surface area contributed by atoms with Crippen LogP contribution in [-0.4, -0.2) is 29.8 Å². The molecule has 194 valence electrons. The van der Waals surface area contributed by atoms with Gasteiger partial charge in [0.15, 0.2) is 21.2 Å². The summed E-state index contributed by atoms with van der Waals surface area (Å²) in [7, 11) is -4.62. The number of halogens is 3. The second kappa shape index (κ2) is 9.62. The van der Waals surface area contributed by atoms with Crippen LogP contribution in [0.1, 0.15) is 44.0 Å². The van der Waals surface area contributed by atoms with Crippen LogP contribution in [-0.2, 0) is 25.1 Å². The molecule has 0 saturated heterocycles. The highest BCUT2D eigenvalue weighted by molar-refractivity contribution is 7.90. The standard InChI is InChI=1S/C26H24F3N3O4S/c1-14(2)12-26(3)24(33)20(22(36-26)19-10-11-31-25(30)32-19)16-7-4-6-15(21(16)29)13-37(34,35)23-17(27)8-5-9-18(23)28/h4-11,14H,12-13H2,1-3H3,(H2,30,31,32). The van der Waals surface area contributed by atoms with Gasteiger partial charge in [-0.2, -0.15) is 0 Å². The Morgan fingerprint density at radius 2 is 1.70 bits per heavy atom. The third-order valence-electron chi connectivity index (χ3n) is 5.89. The number of benzene rings is 2. The molecule has 0 saturated carbocycles. The monoisotopic (exact) mass is 531 g/mol. The third-order valence-corrected chi connectivity index (χ3v) is 7.59. The summed E-state index contributed by atoms with van der Waals surface area (Å²) < 4.78 is 76.0. The van der Waals surface area contributed by atoms with E-state index in [0.717, 1.165) is 18.2 Å². The van der Waals surface area contributed by atoms with Crippen LogP contribution in [0.5, 0.6) is 0 Å². The Morgan fingerprint density at radius 1 is 1.05 bits per heavy atom. The molecule has 1 aliphatic rings. The number of rotatable bonds is 7. The maximum Gasteiger partial charge on any atom is 0.220 e. The topological polar surface area (TPSA) is 112 Å². The van der Waals surface area contributed by atoms with Crippen LogP contribution in [0, 0.1) is 23.4 Å². The van der Waals surface area contributed by atoms with Crippen molar-refractivity contribution in [2.24, 2.45) is 5.92 Å². The Labute approximate surface area is 212 Å². The van der Waals surface area contributed by atoms with Crippen LogP contribution < -0.4 is 5.73 Å². The van der Waals surface area contributed by atoms with E-state index in [1.165, 1.54) is 30.5 Å². The van der Waals surface area contributed by atoms with E-state index in [1.54, 1.807) is 6.92 Å². The summed E-state index contributed by atoms with van der Waals surface area (Å²) in [5.74, 6) is -5.24. The van der Waals surface area contributed by atoms with E-state index >= 15 is 4.39 Å². The van der Waals surface area contributed by atoms with E-state index in [1.807, 2.05) is 13.8 Å². The van der Waals surface area contributed by atoms with Gasteiger partial charge in [-0.1, -0.05) is 38.1 Å². The van der Waals surface area contributed by atoms with Gasteiger partial charge in [-0.05, 0) is 37.5 Å². The minimum atomic E-state index is -4.62. The molecule has 0 radical (unpaired) electrons. The predicted molar refractivity (Wildman–Crippen MR) is 131 cm³/mol. The first kappa shape index (κ1) is 26.3. The number of nitrogens with two attached hydrogens (primary N) is 1. The number of nitrogens with zero attached hydrogens (tertiary/aromatic N) is 2. The number of Topliss-reactive ketones (excluding diaryl/α,β-unsaturated/α-hetero) is 1. The lowest BCUT2D eigenvalue weighted by atomic mass is 9.85. The van der Waals surface area contributed by atoms with Crippen LogP contribution in [0.3, 0.4) is 0 Å². The third kappa shape index (κ3) is 4.95. The Hall–Kier alpha value is -3.73. The van der Waals surface area contributed by atoms with E-state index in [2.05, 4.69) is 9.97 Å². The van der Waals surface area contributed by atoms with Gasteiger partial charge in [0.25, 0.3) is 0 Å². The molecule has 7 nitrogen and oxygen atoms in total. The fourth-order valence-corrected chi connectivity index (χ4v) is 5.98. The highest BCUT2D eigenvalue weighted by atomic mass is 32.2. The van der Waals surface area contributed by atoms with E-state index in [0.29, 0.717) is 6.42 Å². The van der Waals surface area contributed by atoms with E-state index in [9.17, 15) is 22.0 Å². The number of anilines is 1. The molecule has 0 bridgehead atoms. The molecule has 0 fully saturated rings. The number of hydrogen-bond donors (Lipinski definition) is 1. The molecule has 1 aromatic heterocycles. The molecule has 0 aliphatic carbocycles. The number of ketones is 1. The molecule has 2 N–H and O–H groups in total. The van der Waals surface area contributed by atoms with Crippen molar-refractivity contribution in [3.63, 3.8) is 0 Å². The normalized spacial score (nSPS) is 18.0. The van der Waals surface area contributed by atoms with Gasteiger partial charge in [0.05, 0.1) is 11.3 Å². The van der Waals surface area contributed by atoms with Crippen molar-refractivity contribution in [1.82, 2.24) is 9.97 Å². The number of ether oxygens (including phenoxy) is 1. The van der Waals surface area contributed by atoms with Gasteiger partial charge in [-0.3, -0.25) is 4.79 Å². The zero-order valence-corrected chi connectivity index (χ0v) is 21.1. The zero-order chi connectivity index (χ0) is 27.1. The van der Waals surface area contributed by atoms with Crippen molar-refractivity contribution >= 4 is 32.9 Å². The summed E-state index contributed by atoms with van der Waals surface area (Å²) in [5.41, 5.74) is 3.76. The molecular weight excluding hydrogens is 507 g/mol. The molecule has 0 amide bonds. The van der Waals surface area contributed by atoms with Gasteiger partial charge in [0.1, 0.15) is 28.0 Å². The van der Waals surface area contributed by atoms with Crippen molar-refractivity contribution in [2.75, 3.05) is 5.73 Å². The van der Waals surface area contributed by atoms with Crippen molar-refractivity contribution in [1.29, 1.82) is 0 Å². The van der Waals surface area contributed by atoms with Crippen molar-refractivity contribution in [3.05, 3.63) is 82.9 Å². The fraction of sp³-hybridized carbons (Fsp3) is 0.269. The summed E-state index contributed by atoms with van der Waals surface area (Å²) in [5, 5.41) is 0. The Bertz CT molecular complexity index is 1520. The van der Waals surface area contributed by atoms with Gasteiger partial charge in [0.2, 0.25) is 11.7 Å². The summed E-state index contributed by atoms with van der Waals surface area (Å²) in [6, 6.07) is 7.91. The van der Waals surface area contributed by atoms with Gasteiger partial charge in [-0.25, -0.2) is 31.6 Å². The molecule has 11 heteroatoms. The molecular formula is C26H24F3N3O4S. The van der Waals surface area contributed by atoms with E-state index in [4.69, 9.17) is 10.5 Å². The number of sulfone groups is 1. The Morgan fingerprint density at radius 3 is 2.32 bits per heavy atom. The smallest absolute Gasteiger partial charge is 0.220 e. The van der Waals surface area contributed by atoms with Crippen LogP contribution in [0.15, 0.2) is 53.6 Å². The van der Waals surface area contributed by atoms with Gasteiger partial charge < -0.3 is 10.5 Å². The lowest BCUT2D eigenvalue weighted by Crippen LogP contribution is -2.35. The summed E-state index contributed by atoms with van der Waals surface area (Å²) in [4.78, 5) is 20.4. The molecule has 1 atom stereocenters. The largest absolute Gasteiger partial charge is 0.476 e. The van der Waals surface area contributed by atoms with Crippen molar-refractivity contribution in [2.45, 2.75) is 43.4 Å². The van der Waals surface area contributed by atoms with Crippen LogP contribution in [0.4, 0.5) is 19.1 Å². The van der Waals surface area contributed by atoms with Crippen LogP contribution in [0.2, 0.25) is 0 Å². The highest BCUT2D eigenvalue weighted by Crippen LogP contribution is 2.44. The lowest BCUT2D eigenvalue weighted by molar-refractivity contribution is -0.127. The Balaban J connectivity index is 1.86. The van der Waals surface area contributed by atoms with Crippen LogP contribution in [0.25, 0.3) is 11.3 Å². The SMILES string of the molecule is CC(C)CC1(C)OC(c2ccnc(N)n2)=C(c2cccc(CS(=O)(=O)c3c(F)cccc3F)c2F)C1=O. The van der Waals surface area contributed by atoms with Gasteiger partial charge in [0, 0.05) is 17.3 Å². The van der Waals surface area contributed by atoms with Gasteiger partial charge in [-0.15, -0.1) is 0 Å². The van der Waals surface area contributed by atoms with Gasteiger partial charge >= 0.3 is 0 Å². The average molecular weight is 532 g/mol. The second-order valence-corrected chi connectivity index (χ2v) is 11.3. The maximum atomic E-state index is 15.9.